The van der Waals surface area contributed by atoms with Crippen LogP contribution in [0.4, 0.5) is 5.13 Å². The molecule has 0 fully saturated rings. The molecule has 18 heavy (non-hydrogen) atoms. The molecule has 0 unspecified atom stereocenters. The molecular formula is C12H18N2O3S. The van der Waals surface area contributed by atoms with E-state index >= 15 is 0 Å². The van der Waals surface area contributed by atoms with Crippen molar-refractivity contribution in [2.45, 2.75) is 40.2 Å². The lowest BCUT2D eigenvalue weighted by atomic mass is 10.0. The van der Waals surface area contributed by atoms with Crippen molar-refractivity contribution in [1.29, 1.82) is 0 Å². The van der Waals surface area contributed by atoms with Gasteiger partial charge in [0, 0.05) is 11.8 Å². The monoisotopic (exact) mass is 270 g/mol. The van der Waals surface area contributed by atoms with Gasteiger partial charge in [-0.2, -0.15) is 0 Å². The van der Waals surface area contributed by atoms with Crippen LogP contribution in [0.5, 0.6) is 0 Å². The Balaban J connectivity index is 2.84. The van der Waals surface area contributed by atoms with Crippen LogP contribution in [0, 0.1) is 12.8 Å². The fraction of sp³-hybridized carbons (Fsp3) is 0.583. The van der Waals surface area contributed by atoms with Gasteiger partial charge in [0.15, 0.2) is 10.9 Å². The molecule has 1 aromatic heterocycles. The Morgan fingerprint density at radius 2 is 2.06 bits per heavy atom. The molecule has 1 heterocycles. The number of rotatable bonds is 6. The van der Waals surface area contributed by atoms with Crippen LogP contribution in [0.15, 0.2) is 0 Å². The number of carboxylic acids is 1. The lowest BCUT2D eigenvalue weighted by molar-refractivity contribution is -0.138. The van der Waals surface area contributed by atoms with E-state index in [-0.39, 0.29) is 11.7 Å². The van der Waals surface area contributed by atoms with Crippen molar-refractivity contribution in [2.75, 3.05) is 5.32 Å². The van der Waals surface area contributed by atoms with Crippen molar-refractivity contribution in [1.82, 2.24) is 4.98 Å². The fourth-order valence-corrected chi connectivity index (χ4v) is 2.54. The van der Waals surface area contributed by atoms with Crippen LogP contribution in [0.25, 0.3) is 0 Å². The molecule has 0 amide bonds. The number of hydrogen-bond donors (Lipinski definition) is 2. The highest BCUT2D eigenvalue weighted by atomic mass is 32.1. The molecule has 100 valence electrons. The maximum Gasteiger partial charge on any atom is 0.326 e. The third-order valence-electron chi connectivity index (χ3n) is 2.43. The van der Waals surface area contributed by atoms with Gasteiger partial charge >= 0.3 is 5.97 Å². The zero-order chi connectivity index (χ0) is 13.9. The standard InChI is InChI=1S/C12H18N2O3S/c1-6(2)5-9(11(16)17)13-12-14-10(7(3)15)8(4)18-12/h6,9H,5H2,1-4H3,(H,13,14)(H,16,17)/t9-/m0/s1. The largest absolute Gasteiger partial charge is 0.480 e. The lowest BCUT2D eigenvalue weighted by Gasteiger charge is -2.15. The normalized spacial score (nSPS) is 12.5. The number of ketones is 1. The van der Waals surface area contributed by atoms with E-state index in [1.54, 1.807) is 6.92 Å². The van der Waals surface area contributed by atoms with Gasteiger partial charge in [0.2, 0.25) is 0 Å². The molecule has 6 heteroatoms. The predicted octanol–water partition coefficient (Wildman–Crippen LogP) is 2.57. The van der Waals surface area contributed by atoms with E-state index in [1.165, 1.54) is 18.3 Å². The number of hydrogen-bond acceptors (Lipinski definition) is 5. The molecule has 0 spiro atoms. The van der Waals surface area contributed by atoms with Crippen LogP contribution in [0.3, 0.4) is 0 Å². The Morgan fingerprint density at radius 3 is 2.44 bits per heavy atom. The van der Waals surface area contributed by atoms with Crippen LogP contribution in [-0.2, 0) is 4.79 Å². The highest BCUT2D eigenvalue weighted by Gasteiger charge is 2.21. The zero-order valence-electron chi connectivity index (χ0n) is 11.0. The average Bonchev–Trinajstić information content (AvgIpc) is 2.57. The lowest BCUT2D eigenvalue weighted by Crippen LogP contribution is -2.30. The third kappa shape index (κ3) is 3.80. The molecule has 2 N–H and O–H groups in total. The average molecular weight is 270 g/mol. The minimum Gasteiger partial charge on any atom is -0.480 e. The first kappa shape index (κ1) is 14.6. The number of thiazole rings is 1. The number of aliphatic carboxylic acids is 1. The maximum absolute atomic E-state index is 11.3. The number of carbonyl (C=O) groups excluding carboxylic acids is 1. The molecule has 1 aromatic rings. The van der Waals surface area contributed by atoms with Gasteiger partial charge in [-0.25, -0.2) is 9.78 Å². The molecule has 0 radical (unpaired) electrons. The summed E-state index contributed by atoms with van der Waals surface area (Å²) in [5.41, 5.74) is 0.413. The Kier molecular flexibility index (Phi) is 4.84. The van der Waals surface area contributed by atoms with E-state index in [9.17, 15) is 9.59 Å². The second-order valence-corrected chi connectivity index (χ2v) is 5.85. The molecular weight excluding hydrogens is 252 g/mol. The summed E-state index contributed by atoms with van der Waals surface area (Å²) < 4.78 is 0. The number of nitrogens with one attached hydrogen (secondary N) is 1. The zero-order valence-corrected chi connectivity index (χ0v) is 11.8. The molecule has 0 aliphatic carbocycles. The second kappa shape index (κ2) is 5.95. The van der Waals surface area contributed by atoms with E-state index in [0.29, 0.717) is 17.2 Å². The Morgan fingerprint density at radius 1 is 1.44 bits per heavy atom. The van der Waals surface area contributed by atoms with Crippen LogP contribution in [-0.4, -0.2) is 27.9 Å². The quantitative estimate of drug-likeness (QED) is 0.777. The number of anilines is 1. The van der Waals surface area contributed by atoms with Crippen LogP contribution >= 0.6 is 11.3 Å². The van der Waals surface area contributed by atoms with Crippen molar-refractivity contribution in [3.63, 3.8) is 0 Å². The van der Waals surface area contributed by atoms with E-state index in [2.05, 4.69) is 10.3 Å². The fourth-order valence-electron chi connectivity index (χ4n) is 1.63. The molecule has 0 aromatic carbocycles. The first-order valence-electron chi connectivity index (χ1n) is 5.79. The Bertz CT molecular complexity index is 454. The van der Waals surface area contributed by atoms with Crippen LogP contribution in [0.1, 0.15) is 42.6 Å². The highest BCUT2D eigenvalue weighted by molar-refractivity contribution is 7.15. The molecule has 0 saturated carbocycles. The Hall–Kier alpha value is -1.43. The predicted molar refractivity (Wildman–Crippen MR) is 71.4 cm³/mol. The van der Waals surface area contributed by atoms with Gasteiger partial charge in [0.25, 0.3) is 0 Å². The minimum absolute atomic E-state index is 0.104. The summed E-state index contributed by atoms with van der Waals surface area (Å²) in [5.74, 6) is -0.736. The molecule has 0 bridgehead atoms. The van der Waals surface area contributed by atoms with E-state index in [1.807, 2.05) is 13.8 Å². The van der Waals surface area contributed by atoms with Crippen molar-refractivity contribution >= 4 is 28.2 Å². The number of aromatic nitrogens is 1. The van der Waals surface area contributed by atoms with Gasteiger partial charge in [0.1, 0.15) is 11.7 Å². The first-order valence-corrected chi connectivity index (χ1v) is 6.60. The van der Waals surface area contributed by atoms with Gasteiger partial charge in [-0.3, -0.25) is 4.79 Å². The van der Waals surface area contributed by atoms with Gasteiger partial charge in [-0.1, -0.05) is 13.8 Å². The maximum atomic E-state index is 11.3. The van der Waals surface area contributed by atoms with Gasteiger partial charge < -0.3 is 10.4 Å². The van der Waals surface area contributed by atoms with Gasteiger partial charge in [-0.15, -0.1) is 11.3 Å². The third-order valence-corrected chi connectivity index (χ3v) is 3.34. The number of carboxylic acid groups (broad SMARTS) is 1. The minimum atomic E-state index is -0.902. The van der Waals surface area contributed by atoms with Crippen LogP contribution < -0.4 is 5.32 Å². The highest BCUT2D eigenvalue weighted by Crippen LogP contribution is 2.24. The van der Waals surface area contributed by atoms with Crippen molar-refractivity contribution in [3.05, 3.63) is 10.6 Å². The van der Waals surface area contributed by atoms with E-state index in [0.717, 1.165) is 4.88 Å². The summed E-state index contributed by atoms with van der Waals surface area (Å²) in [6.07, 6.45) is 0.517. The Labute approximate surface area is 110 Å². The van der Waals surface area contributed by atoms with Gasteiger partial charge in [-0.05, 0) is 19.3 Å². The smallest absolute Gasteiger partial charge is 0.326 e. The number of nitrogens with zero attached hydrogens (tertiary/aromatic N) is 1. The summed E-state index contributed by atoms with van der Waals surface area (Å²) in [7, 11) is 0. The number of Topliss-reactive ketones (excluding diaryl/α,β-unsaturated/α-hetero) is 1. The van der Waals surface area contributed by atoms with Crippen LogP contribution in [0.2, 0.25) is 0 Å². The summed E-state index contributed by atoms with van der Waals surface area (Å²) in [6.45, 7) is 7.18. The summed E-state index contributed by atoms with van der Waals surface area (Å²) >= 11 is 1.31. The first-order chi connectivity index (χ1) is 8.31. The topological polar surface area (TPSA) is 79.3 Å². The summed E-state index contributed by atoms with van der Waals surface area (Å²) in [4.78, 5) is 27.3. The number of carbonyl (C=O) groups is 2. The molecule has 1 atom stereocenters. The molecule has 0 aliphatic heterocycles. The summed E-state index contributed by atoms with van der Waals surface area (Å²) in [6, 6.07) is -0.671. The van der Waals surface area contributed by atoms with Crippen molar-refractivity contribution < 1.29 is 14.7 Å². The summed E-state index contributed by atoms with van der Waals surface area (Å²) in [5, 5.41) is 12.5. The van der Waals surface area contributed by atoms with Crippen molar-refractivity contribution in [2.24, 2.45) is 5.92 Å². The van der Waals surface area contributed by atoms with Crippen molar-refractivity contribution in [3.8, 4) is 0 Å². The second-order valence-electron chi connectivity index (χ2n) is 4.64. The SMILES string of the molecule is CC(=O)c1nc(N[C@@H](CC(C)C)C(=O)O)sc1C. The number of aryl methyl sites for hydroxylation is 1. The van der Waals surface area contributed by atoms with E-state index < -0.39 is 12.0 Å². The van der Waals surface area contributed by atoms with E-state index in [4.69, 9.17) is 5.11 Å². The molecule has 0 aliphatic rings. The molecule has 5 nitrogen and oxygen atoms in total. The molecule has 1 rings (SSSR count). The van der Waals surface area contributed by atoms with Gasteiger partial charge in [0.05, 0.1) is 0 Å². The molecule has 0 saturated heterocycles.